The largest absolute Gasteiger partial charge is 0.450 e. The van der Waals surface area contributed by atoms with Crippen LogP contribution in [-0.4, -0.2) is 19.2 Å². The summed E-state index contributed by atoms with van der Waals surface area (Å²) in [6, 6.07) is 0. The van der Waals surface area contributed by atoms with Gasteiger partial charge in [-0.15, -0.1) is 6.58 Å². The average molecular weight is 185 g/mol. The molecule has 0 spiro atoms. The van der Waals surface area contributed by atoms with E-state index in [2.05, 4.69) is 11.9 Å². The number of amides is 1. The molecule has 76 valence electrons. The van der Waals surface area contributed by atoms with E-state index in [-0.39, 0.29) is 6.09 Å². The normalized spacial score (nSPS) is 9.31. The monoisotopic (exact) mass is 185 g/mol. The van der Waals surface area contributed by atoms with E-state index in [1.54, 1.807) is 0 Å². The molecule has 0 aliphatic carbocycles. The predicted molar refractivity (Wildman–Crippen MR) is 53.7 cm³/mol. The summed E-state index contributed by atoms with van der Waals surface area (Å²) in [5, 5.41) is 2.64. The van der Waals surface area contributed by atoms with Crippen molar-refractivity contribution >= 4 is 6.09 Å². The molecule has 13 heavy (non-hydrogen) atoms. The maximum absolute atomic E-state index is 10.9. The van der Waals surface area contributed by atoms with E-state index in [4.69, 9.17) is 4.74 Å². The summed E-state index contributed by atoms with van der Waals surface area (Å²) in [6.07, 6.45) is 5.43. The first-order valence-corrected chi connectivity index (χ1v) is 4.82. The highest BCUT2D eigenvalue weighted by Gasteiger charge is 1.98. The lowest BCUT2D eigenvalue weighted by Crippen LogP contribution is -2.25. The average Bonchev–Trinajstić information content (AvgIpc) is 2.14. The molecule has 0 heterocycles. The number of hydrogen-bond donors (Lipinski definition) is 1. The number of carbonyl (C=O) groups excluding carboxylic acids is 1. The smallest absolute Gasteiger partial charge is 0.407 e. The van der Waals surface area contributed by atoms with E-state index in [9.17, 15) is 4.79 Å². The van der Waals surface area contributed by atoms with Crippen molar-refractivity contribution in [1.82, 2.24) is 5.32 Å². The molecule has 0 unspecified atom stereocenters. The molecule has 3 nitrogen and oxygen atoms in total. The second kappa shape index (κ2) is 9.10. The zero-order valence-electron chi connectivity index (χ0n) is 8.34. The van der Waals surface area contributed by atoms with Crippen molar-refractivity contribution in [3.63, 3.8) is 0 Å². The van der Waals surface area contributed by atoms with Gasteiger partial charge in [-0.1, -0.05) is 13.0 Å². The summed E-state index contributed by atoms with van der Waals surface area (Å²) in [7, 11) is 0. The summed E-state index contributed by atoms with van der Waals surface area (Å²) in [4.78, 5) is 10.9. The predicted octanol–water partition coefficient (Wildman–Crippen LogP) is 2.48. The molecule has 0 fully saturated rings. The van der Waals surface area contributed by atoms with Crippen molar-refractivity contribution in [3.8, 4) is 0 Å². The molecular weight excluding hydrogens is 166 g/mol. The molecule has 0 atom stereocenters. The minimum Gasteiger partial charge on any atom is -0.450 e. The summed E-state index contributed by atoms with van der Waals surface area (Å²) >= 11 is 0. The van der Waals surface area contributed by atoms with Crippen LogP contribution in [0.15, 0.2) is 12.7 Å². The van der Waals surface area contributed by atoms with E-state index >= 15 is 0 Å². The van der Waals surface area contributed by atoms with Crippen LogP contribution in [0.4, 0.5) is 4.79 Å². The van der Waals surface area contributed by atoms with Crippen molar-refractivity contribution in [2.24, 2.45) is 0 Å². The molecule has 0 aromatic heterocycles. The summed E-state index contributed by atoms with van der Waals surface area (Å²) < 4.78 is 4.91. The van der Waals surface area contributed by atoms with Gasteiger partial charge in [-0.25, -0.2) is 4.79 Å². The molecule has 0 bridgehead atoms. The van der Waals surface area contributed by atoms with Crippen LogP contribution < -0.4 is 5.32 Å². The number of ether oxygens (including phenoxy) is 1. The highest BCUT2D eigenvalue weighted by Crippen LogP contribution is 1.95. The fourth-order valence-corrected chi connectivity index (χ4v) is 0.834. The van der Waals surface area contributed by atoms with Crippen LogP contribution in [0.25, 0.3) is 0 Å². The molecule has 0 saturated carbocycles. The minimum absolute atomic E-state index is 0.305. The van der Waals surface area contributed by atoms with Gasteiger partial charge in [0.05, 0.1) is 6.61 Å². The molecule has 1 amide bonds. The molecule has 0 saturated heterocycles. The molecule has 3 heteroatoms. The topological polar surface area (TPSA) is 38.3 Å². The van der Waals surface area contributed by atoms with Crippen LogP contribution in [0, 0.1) is 0 Å². The lowest BCUT2D eigenvalue weighted by molar-refractivity contribution is 0.144. The molecule has 0 aromatic rings. The zero-order valence-corrected chi connectivity index (χ0v) is 8.34. The fourth-order valence-electron chi connectivity index (χ4n) is 0.834. The Morgan fingerprint density at radius 2 is 2.31 bits per heavy atom. The Balaban J connectivity index is 3.12. The highest BCUT2D eigenvalue weighted by atomic mass is 16.5. The number of hydrogen-bond acceptors (Lipinski definition) is 2. The van der Waals surface area contributed by atoms with Gasteiger partial charge in [0, 0.05) is 6.54 Å². The third kappa shape index (κ3) is 8.92. The number of carbonyl (C=O) groups is 1. The van der Waals surface area contributed by atoms with Gasteiger partial charge in [-0.2, -0.15) is 0 Å². The molecule has 0 radical (unpaired) electrons. The molecule has 1 N–H and O–H groups in total. The van der Waals surface area contributed by atoms with Crippen molar-refractivity contribution in [1.29, 1.82) is 0 Å². The Morgan fingerprint density at radius 1 is 1.54 bits per heavy atom. The minimum atomic E-state index is -0.305. The standard InChI is InChI=1S/C10H19NO2/c1-3-5-6-7-9-13-10(12)11-8-4-2/h3H,1,4-9H2,2H3,(H,11,12). The lowest BCUT2D eigenvalue weighted by atomic mass is 10.2. The quantitative estimate of drug-likeness (QED) is 0.489. The highest BCUT2D eigenvalue weighted by molar-refractivity contribution is 5.66. The Morgan fingerprint density at radius 3 is 2.92 bits per heavy atom. The molecule has 0 aliphatic heterocycles. The van der Waals surface area contributed by atoms with Gasteiger partial charge < -0.3 is 10.1 Å². The van der Waals surface area contributed by atoms with Gasteiger partial charge in [-0.3, -0.25) is 0 Å². The van der Waals surface area contributed by atoms with E-state index in [1.807, 2.05) is 13.0 Å². The van der Waals surface area contributed by atoms with Crippen molar-refractivity contribution in [3.05, 3.63) is 12.7 Å². The Kier molecular flexibility index (Phi) is 8.41. The zero-order chi connectivity index (χ0) is 9.94. The van der Waals surface area contributed by atoms with Gasteiger partial charge >= 0.3 is 6.09 Å². The van der Waals surface area contributed by atoms with Crippen molar-refractivity contribution in [2.75, 3.05) is 13.2 Å². The summed E-state index contributed by atoms with van der Waals surface area (Å²) in [5.41, 5.74) is 0. The number of nitrogens with one attached hydrogen (secondary N) is 1. The van der Waals surface area contributed by atoms with Gasteiger partial charge in [0.2, 0.25) is 0 Å². The SMILES string of the molecule is C=CCCCCOC(=O)NCCC. The van der Waals surface area contributed by atoms with E-state index in [0.29, 0.717) is 13.2 Å². The van der Waals surface area contributed by atoms with E-state index < -0.39 is 0 Å². The first-order valence-electron chi connectivity index (χ1n) is 4.82. The Hall–Kier alpha value is -0.990. The molecule has 0 aromatic carbocycles. The van der Waals surface area contributed by atoms with E-state index in [0.717, 1.165) is 25.7 Å². The second-order valence-corrected chi connectivity index (χ2v) is 2.85. The third-order valence-electron chi connectivity index (χ3n) is 1.56. The van der Waals surface area contributed by atoms with Crippen LogP contribution in [0.5, 0.6) is 0 Å². The van der Waals surface area contributed by atoms with Crippen molar-refractivity contribution in [2.45, 2.75) is 32.6 Å². The third-order valence-corrected chi connectivity index (χ3v) is 1.56. The lowest BCUT2D eigenvalue weighted by Gasteiger charge is -2.04. The second-order valence-electron chi connectivity index (χ2n) is 2.85. The first-order chi connectivity index (χ1) is 6.31. The Labute approximate surface area is 80.2 Å². The first kappa shape index (κ1) is 12.0. The number of allylic oxidation sites excluding steroid dienone is 1. The maximum Gasteiger partial charge on any atom is 0.407 e. The molecule has 0 rings (SSSR count). The van der Waals surface area contributed by atoms with Gasteiger partial charge in [0.15, 0.2) is 0 Å². The van der Waals surface area contributed by atoms with Crippen LogP contribution in [0.3, 0.4) is 0 Å². The fraction of sp³-hybridized carbons (Fsp3) is 0.700. The number of alkyl carbamates (subject to hydrolysis) is 1. The number of rotatable bonds is 7. The maximum atomic E-state index is 10.9. The van der Waals surface area contributed by atoms with Crippen molar-refractivity contribution < 1.29 is 9.53 Å². The molecule has 0 aliphatic rings. The van der Waals surface area contributed by atoms with Gasteiger partial charge in [0.1, 0.15) is 0 Å². The van der Waals surface area contributed by atoms with E-state index in [1.165, 1.54) is 0 Å². The van der Waals surface area contributed by atoms with Crippen LogP contribution in [0.2, 0.25) is 0 Å². The summed E-state index contributed by atoms with van der Waals surface area (Å²) in [6.45, 7) is 6.81. The van der Waals surface area contributed by atoms with Crippen LogP contribution in [0.1, 0.15) is 32.6 Å². The number of unbranched alkanes of at least 4 members (excludes halogenated alkanes) is 2. The summed E-state index contributed by atoms with van der Waals surface area (Å²) in [5.74, 6) is 0. The Bertz CT molecular complexity index is 146. The van der Waals surface area contributed by atoms with Gasteiger partial charge in [-0.05, 0) is 25.7 Å². The van der Waals surface area contributed by atoms with Crippen LogP contribution in [-0.2, 0) is 4.74 Å². The van der Waals surface area contributed by atoms with Gasteiger partial charge in [0.25, 0.3) is 0 Å². The molecular formula is C10H19NO2. The van der Waals surface area contributed by atoms with Crippen LogP contribution >= 0.6 is 0 Å².